The van der Waals surface area contributed by atoms with Crippen LogP contribution < -0.4 is 5.48 Å². The molecule has 2 heterocycles. The number of nitrogens with zero attached hydrogens (tertiary/aromatic N) is 3. The van der Waals surface area contributed by atoms with Gasteiger partial charge in [0.1, 0.15) is 5.69 Å². The van der Waals surface area contributed by atoms with Crippen molar-refractivity contribution in [3.63, 3.8) is 0 Å². The fraction of sp³-hybridized carbons (Fsp3) is 0.350. The molecular weight excluding hydrogens is 342 g/mol. The number of hydrogen-bond donors (Lipinski definition) is 3. The van der Waals surface area contributed by atoms with Gasteiger partial charge in [-0.3, -0.25) is 10.0 Å². The molecule has 0 spiro atoms. The molecule has 7 heteroatoms. The molecule has 7 nitrogen and oxygen atoms in total. The number of amides is 1. The summed E-state index contributed by atoms with van der Waals surface area (Å²) in [5, 5.41) is 18.0. The largest absolute Gasteiger partial charge is 0.357 e. The number of benzene rings is 1. The number of fused-ring (bicyclic) bond motifs is 1. The van der Waals surface area contributed by atoms with Crippen LogP contribution in [0.1, 0.15) is 56.6 Å². The van der Waals surface area contributed by atoms with Gasteiger partial charge in [0.2, 0.25) is 0 Å². The second-order valence-corrected chi connectivity index (χ2v) is 7.35. The van der Waals surface area contributed by atoms with Crippen LogP contribution in [0.2, 0.25) is 0 Å². The van der Waals surface area contributed by atoms with Crippen LogP contribution in [-0.4, -0.2) is 31.1 Å². The van der Waals surface area contributed by atoms with Crippen LogP contribution in [0, 0.1) is 5.92 Å². The first kappa shape index (κ1) is 18.8. The average Bonchev–Trinajstić information content (AvgIpc) is 3.25. The molecule has 0 saturated heterocycles. The van der Waals surface area contributed by atoms with E-state index in [2.05, 4.69) is 67.3 Å². The van der Waals surface area contributed by atoms with Crippen molar-refractivity contribution in [2.75, 3.05) is 0 Å². The first-order chi connectivity index (χ1) is 12.9. The van der Waals surface area contributed by atoms with Crippen LogP contribution in [0.5, 0.6) is 0 Å². The SMILES string of the molecule is CC(C)c1ccc2cc(C(C(C)C)n3cc(C=CC(=O)NO)nn3)[nH]c2c1. The smallest absolute Gasteiger partial charge is 0.267 e. The molecule has 27 heavy (non-hydrogen) atoms. The van der Waals surface area contributed by atoms with Gasteiger partial charge in [0, 0.05) is 17.3 Å². The van der Waals surface area contributed by atoms with E-state index in [1.54, 1.807) is 16.4 Å². The molecule has 1 atom stereocenters. The zero-order chi connectivity index (χ0) is 19.6. The Hall–Kier alpha value is -2.93. The van der Waals surface area contributed by atoms with Gasteiger partial charge in [0.15, 0.2) is 0 Å². The minimum Gasteiger partial charge on any atom is -0.357 e. The minimum atomic E-state index is -0.610. The van der Waals surface area contributed by atoms with Crippen molar-refractivity contribution in [3.8, 4) is 0 Å². The predicted molar refractivity (Wildman–Crippen MR) is 104 cm³/mol. The summed E-state index contributed by atoms with van der Waals surface area (Å²) in [6.45, 7) is 8.63. The summed E-state index contributed by atoms with van der Waals surface area (Å²) in [5.74, 6) is 0.145. The summed E-state index contributed by atoms with van der Waals surface area (Å²) in [4.78, 5) is 14.7. The second-order valence-electron chi connectivity index (χ2n) is 7.35. The summed E-state index contributed by atoms with van der Waals surface area (Å²) >= 11 is 0. The van der Waals surface area contributed by atoms with E-state index in [-0.39, 0.29) is 12.0 Å². The third-order valence-corrected chi connectivity index (χ3v) is 4.61. The van der Waals surface area contributed by atoms with E-state index < -0.39 is 5.91 Å². The van der Waals surface area contributed by atoms with Gasteiger partial charge in [-0.25, -0.2) is 10.2 Å². The Morgan fingerprint density at radius 3 is 2.70 bits per heavy atom. The normalized spacial score (nSPS) is 13.1. The summed E-state index contributed by atoms with van der Waals surface area (Å²) in [6, 6.07) is 8.65. The van der Waals surface area contributed by atoms with Crippen molar-refractivity contribution >= 4 is 22.9 Å². The molecule has 0 aliphatic heterocycles. The Balaban J connectivity index is 1.94. The molecule has 1 amide bonds. The van der Waals surface area contributed by atoms with E-state index in [0.717, 1.165) is 11.2 Å². The van der Waals surface area contributed by atoms with Crippen molar-refractivity contribution in [1.82, 2.24) is 25.5 Å². The number of carbonyl (C=O) groups excluding carboxylic acids is 1. The lowest BCUT2D eigenvalue weighted by Crippen LogP contribution is -2.17. The van der Waals surface area contributed by atoms with Crippen LogP contribution in [0.15, 0.2) is 36.5 Å². The highest BCUT2D eigenvalue weighted by Crippen LogP contribution is 2.29. The number of carbonyl (C=O) groups is 1. The number of rotatable bonds is 6. The molecule has 0 aliphatic carbocycles. The van der Waals surface area contributed by atoms with Gasteiger partial charge in [-0.05, 0) is 41.0 Å². The van der Waals surface area contributed by atoms with Crippen LogP contribution in [0.25, 0.3) is 17.0 Å². The zero-order valence-electron chi connectivity index (χ0n) is 16.0. The molecule has 0 fully saturated rings. The highest BCUT2D eigenvalue weighted by molar-refractivity contribution is 5.90. The fourth-order valence-electron chi connectivity index (χ4n) is 3.19. The Bertz CT molecular complexity index is 968. The van der Waals surface area contributed by atoms with Crippen LogP contribution in [0.3, 0.4) is 0 Å². The van der Waals surface area contributed by atoms with E-state index in [1.807, 2.05) is 0 Å². The van der Waals surface area contributed by atoms with E-state index in [4.69, 9.17) is 5.21 Å². The standard InChI is InChI=1S/C20H25N5O2/c1-12(2)14-5-6-15-10-18(21-17(15)9-14)20(13(3)4)25-11-16(22-24-25)7-8-19(26)23-27/h5-13,20-21,27H,1-4H3,(H,23,26). The Morgan fingerprint density at radius 2 is 2.04 bits per heavy atom. The number of nitrogens with one attached hydrogen (secondary N) is 2. The van der Waals surface area contributed by atoms with Crippen molar-refractivity contribution in [2.24, 2.45) is 5.92 Å². The number of hydroxylamine groups is 1. The lowest BCUT2D eigenvalue weighted by molar-refractivity contribution is -0.124. The van der Waals surface area contributed by atoms with Gasteiger partial charge in [-0.1, -0.05) is 45.0 Å². The summed E-state index contributed by atoms with van der Waals surface area (Å²) in [7, 11) is 0. The van der Waals surface area contributed by atoms with Crippen LogP contribution in [0.4, 0.5) is 0 Å². The summed E-state index contributed by atoms with van der Waals surface area (Å²) in [5.41, 5.74) is 5.57. The molecule has 2 aromatic heterocycles. The molecule has 1 unspecified atom stereocenters. The number of hydrogen-bond acceptors (Lipinski definition) is 4. The Labute approximate surface area is 158 Å². The van der Waals surface area contributed by atoms with Gasteiger partial charge in [0.25, 0.3) is 5.91 Å². The van der Waals surface area contributed by atoms with Gasteiger partial charge in [-0.2, -0.15) is 0 Å². The lowest BCUT2D eigenvalue weighted by atomic mass is 10.0. The highest BCUT2D eigenvalue weighted by Gasteiger charge is 2.21. The van der Waals surface area contributed by atoms with E-state index in [1.165, 1.54) is 23.1 Å². The maximum absolute atomic E-state index is 11.1. The molecule has 3 N–H and O–H groups in total. The van der Waals surface area contributed by atoms with Crippen molar-refractivity contribution in [3.05, 3.63) is 53.5 Å². The molecule has 3 rings (SSSR count). The maximum Gasteiger partial charge on any atom is 0.267 e. The topological polar surface area (TPSA) is 95.8 Å². The monoisotopic (exact) mass is 367 g/mol. The highest BCUT2D eigenvalue weighted by atomic mass is 16.5. The van der Waals surface area contributed by atoms with E-state index in [0.29, 0.717) is 11.6 Å². The minimum absolute atomic E-state index is 0.0128. The summed E-state index contributed by atoms with van der Waals surface area (Å²) in [6.07, 6.45) is 4.50. The second kappa shape index (κ2) is 7.75. The first-order valence-electron chi connectivity index (χ1n) is 9.05. The molecule has 3 aromatic rings. The van der Waals surface area contributed by atoms with E-state index >= 15 is 0 Å². The lowest BCUT2D eigenvalue weighted by Gasteiger charge is -2.19. The van der Waals surface area contributed by atoms with Gasteiger partial charge in [-0.15, -0.1) is 5.10 Å². The van der Waals surface area contributed by atoms with E-state index in [9.17, 15) is 4.79 Å². The average molecular weight is 367 g/mol. The fourth-order valence-corrected chi connectivity index (χ4v) is 3.19. The van der Waals surface area contributed by atoms with Gasteiger partial charge in [0.05, 0.1) is 12.2 Å². The van der Waals surface area contributed by atoms with Crippen molar-refractivity contribution < 1.29 is 10.0 Å². The van der Waals surface area contributed by atoms with Crippen LogP contribution in [-0.2, 0) is 4.79 Å². The molecular formula is C20H25N5O2. The molecule has 142 valence electrons. The predicted octanol–water partition coefficient (Wildman–Crippen LogP) is 3.65. The van der Waals surface area contributed by atoms with Crippen molar-refractivity contribution in [1.29, 1.82) is 0 Å². The first-order valence-corrected chi connectivity index (χ1v) is 9.05. The Morgan fingerprint density at radius 1 is 1.26 bits per heavy atom. The third-order valence-electron chi connectivity index (χ3n) is 4.61. The number of H-pyrrole nitrogens is 1. The quantitative estimate of drug-likeness (QED) is 0.352. The third kappa shape index (κ3) is 4.09. The maximum atomic E-state index is 11.1. The molecule has 1 aromatic carbocycles. The van der Waals surface area contributed by atoms with Crippen LogP contribution >= 0.6 is 0 Å². The number of aromatic amines is 1. The molecule has 0 aliphatic rings. The molecule has 0 bridgehead atoms. The van der Waals surface area contributed by atoms with Gasteiger partial charge >= 0.3 is 0 Å². The number of aromatic nitrogens is 4. The Kier molecular flexibility index (Phi) is 5.41. The van der Waals surface area contributed by atoms with Crippen molar-refractivity contribution in [2.45, 2.75) is 39.7 Å². The molecule has 0 saturated carbocycles. The molecule has 0 radical (unpaired) electrons. The van der Waals surface area contributed by atoms with Gasteiger partial charge < -0.3 is 4.98 Å². The summed E-state index contributed by atoms with van der Waals surface area (Å²) < 4.78 is 1.80. The zero-order valence-corrected chi connectivity index (χ0v) is 16.0.